The Labute approximate surface area is 82.7 Å². The molecule has 0 aliphatic carbocycles. The van der Waals surface area contributed by atoms with Crippen molar-refractivity contribution in [3.8, 4) is 0 Å². The molecule has 0 aliphatic rings. The Morgan fingerprint density at radius 1 is 1.50 bits per heavy atom. The molecule has 1 rings (SSSR count). The van der Waals surface area contributed by atoms with Crippen LogP contribution in [-0.4, -0.2) is 17.2 Å². The van der Waals surface area contributed by atoms with Crippen LogP contribution >= 0.6 is 0 Å². The quantitative estimate of drug-likeness (QED) is 0.755. The van der Waals surface area contributed by atoms with Crippen molar-refractivity contribution in [3.63, 3.8) is 0 Å². The fourth-order valence-electron chi connectivity index (χ4n) is 1.29. The highest BCUT2D eigenvalue weighted by Gasteiger charge is 2.22. The smallest absolute Gasteiger partial charge is 0.322 e. The summed E-state index contributed by atoms with van der Waals surface area (Å²) >= 11 is 0. The second-order valence-corrected chi connectivity index (χ2v) is 3.21. The van der Waals surface area contributed by atoms with Crippen LogP contribution in [0.3, 0.4) is 0 Å². The summed E-state index contributed by atoms with van der Waals surface area (Å²) < 4.78 is 5.09. The summed E-state index contributed by atoms with van der Waals surface area (Å²) in [5.41, 5.74) is 1.83. The van der Waals surface area contributed by atoms with Crippen molar-refractivity contribution in [2.75, 3.05) is 7.11 Å². The summed E-state index contributed by atoms with van der Waals surface area (Å²) in [5.74, 6) is 0. The molecule has 0 saturated heterocycles. The van der Waals surface area contributed by atoms with E-state index in [0.29, 0.717) is 5.56 Å². The molecule has 1 unspecified atom stereocenters. The molecule has 1 aromatic carbocycles. The summed E-state index contributed by atoms with van der Waals surface area (Å²) in [6, 6.07) is 5.27. The molecule has 14 heavy (non-hydrogen) atoms. The Kier molecular flexibility index (Phi) is 3.19. The van der Waals surface area contributed by atoms with Gasteiger partial charge < -0.3 is 4.74 Å². The Morgan fingerprint density at radius 3 is 2.64 bits per heavy atom. The number of ether oxygens (including phenoxy) is 1. The Balaban J connectivity index is 3.21. The van der Waals surface area contributed by atoms with Gasteiger partial charge in [-0.1, -0.05) is 6.07 Å². The molecule has 1 atom stereocenters. The standard InChI is InChI=1S/C10H14NO3/c1-7-4-5-9(8(2)14-3)10(6-7)11(12)13/h4-6,8H,1-3H3,(H,12,13)/q+1. The average Bonchev–Trinajstić information content (AvgIpc) is 2.16. The van der Waals surface area contributed by atoms with Crippen LogP contribution in [0.1, 0.15) is 24.2 Å². The summed E-state index contributed by atoms with van der Waals surface area (Å²) in [4.78, 5) is 10.7. The van der Waals surface area contributed by atoms with Crippen LogP contribution in [0.25, 0.3) is 0 Å². The molecule has 1 N–H and O–H groups in total. The maximum absolute atomic E-state index is 10.9. The van der Waals surface area contributed by atoms with Gasteiger partial charge in [-0.25, -0.2) is 5.21 Å². The van der Waals surface area contributed by atoms with Crippen molar-refractivity contribution >= 4 is 5.69 Å². The lowest BCUT2D eigenvalue weighted by Gasteiger charge is -2.08. The zero-order valence-corrected chi connectivity index (χ0v) is 8.52. The topological polar surface area (TPSA) is 49.5 Å². The van der Waals surface area contributed by atoms with Crippen LogP contribution in [0.15, 0.2) is 18.2 Å². The molecule has 0 fully saturated rings. The number of rotatable bonds is 3. The largest absolute Gasteiger partial charge is 0.377 e. The summed E-state index contributed by atoms with van der Waals surface area (Å²) in [6.45, 7) is 3.67. The van der Waals surface area contributed by atoms with Gasteiger partial charge in [0.05, 0.1) is 16.6 Å². The van der Waals surface area contributed by atoms with Gasteiger partial charge in [-0.05, 0) is 25.5 Å². The number of hydrogen-bond acceptors (Lipinski definition) is 2. The molecular weight excluding hydrogens is 182 g/mol. The van der Waals surface area contributed by atoms with Crippen LogP contribution in [0.4, 0.5) is 5.69 Å². The van der Waals surface area contributed by atoms with Crippen molar-refractivity contribution < 1.29 is 14.9 Å². The molecule has 0 saturated carbocycles. The number of aryl methyl sites for hydroxylation is 1. The first kappa shape index (κ1) is 10.7. The third-order valence-corrected chi connectivity index (χ3v) is 2.18. The van der Waals surface area contributed by atoms with E-state index in [4.69, 9.17) is 9.94 Å². The van der Waals surface area contributed by atoms with Gasteiger partial charge in [0.2, 0.25) is 0 Å². The van der Waals surface area contributed by atoms with E-state index in [9.17, 15) is 4.91 Å². The molecule has 4 heteroatoms. The van der Waals surface area contributed by atoms with E-state index in [-0.39, 0.29) is 16.7 Å². The Hall–Kier alpha value is -1.42. The van der Waals surface area contributed by atoms with Crippen molar-refractivity contribution in [2.24, 2.45) is 0 Å². The molecule has 1 aromatic rings. The van der Waals surface area contributed by atoms with E-state index in [1.165, 1.54) is 0 Å². The van der Waals surface area contributed by atoms with Crippen LogP contribution in [0.2, 0.25) is 0 Å². The van der Waals surface area contributed by atoms with Crippen LogP contribution in [0.5, 0.6) is 0 Å². The maximum Gasteiger partial charge on any atom is 0.322 e. The number of nitrogens with zero attached hydrogens (tertiary/aromatic N) is 1. The second-order valence-electron chi connectivity index (χ2n) is 3.21. The van der Waals surface area contributed by atoms with Gasteiger partial charge in [-0.3, -0.25) is 0 Å². The van der Waals surface area contributed by atoms with Crippen molar-refractivity contribution in [1.29, 1.82) is 0 Å². The third kappa shape index (κ3) is 2.09. The lowest BCUT2D eigenvalue weighted by atomic mass is 10.1. The van der Waals surface area contributed by atoms with E-state index in [1.54, 1.807) is 19.2 Å². The summed E-state index contributed by atoms with van der Waals surface area (Å²) in [7, 11) is 1.56. The van der Waals surface area contributed by atoms with Gasteiger partial charge in [0.15, 0.2) is 0 Å². The van der Waals surface area contributed by atoms with Crippen molar-refractivity contribution in [3.05, 3.63) is 34.2 Å². The molecule has 0 aromatic heterocycles. The lowest BCUT2D eigenvalue weighted by molar-refractivity contribution is -0.730. The first-order valence-corrected chi connectivity index (χ1v) is 4.35. The average molecular weight is 196 g/mol. The monoisotopic (exact) mass is 196 g/mol. The first-order chi connectivity index (χ1) is 6.56. The van der Waals surface area contributed by atoms with E-state index in [2.05, 4.69) is 0 Å². The summed E-state index contributed by atoms with van der Waals surface area (Å²) in [5, 5.41) is 8.90. The second kappa shape index (κ2) is 4.19. The van der Waals surface area contributed by atoms with E-state index >= 15 is 0 Å². The Morgan fingerprint density at radius 2 is 2.14 bits per heavy atom. The third-order valence-electron chi connectivity index (χ3n) is 2.18. The van der Waals surface area contributed by atoms with Crippen molar-refractivity contribution in [2.45, 2.75) is 20.0 Å². The molecule has 0 amide bonds. The minimum absolute atomic E-state index is 0.127. The first-order valence-electron chi connectivity index (χ1n) is 4.35. The van der Waals surface area contributed by atoms with E-state index in [0.717, 1.165) is 5.56 Å². The number of methoxy groups -OCH3 is 1. The van der Waals surface area contributed by atoms with Gasteiger partial charge in [0.25, 0.3) is 4.92 Å². The zero-order chi connectivity index (χ0) is 10.7. The zero-order valence-electron chi connectivity index (χ0n) is 8.52. The molecule has 0 heterocycles. The molecule has 4 nitrogen and oxygen atoms in total. The van der Waals surface area contributed by atoms with Gasteiger partial charge in [-0.15, -0.1) is 0 Å². The maximum atomic E-state index is 10.9. The van der Waals surface area contributed by atoms with Crippen LogP contribution < -0.4 is 0 Å². The minimum atomic E-state index is -0.214. The molecule has 0 spiro atoms. The Bertz CT molecular complexity index is 349. The van der Waals surface area contributed by atoms with Crippen molar-refractivity contribution in [1.82, 2.24) is 0 Å². The number of benzene rings is 1. The van der Waals surface area contributed by atoms with Gasteiger partial charge in [0.1, 0.15) is 0 Å². The van der Waals surface area contributed by atoms with E-state index in [1.807, 2.05) is 19.9 Å². The van der Waals surface area contributed by atoms with Gasteiger partial charge in [0, 0.05) is 13.2 Å². The van der Waals surface area contributed by atoms with Crippen LogP contribution in [-0.2, 0) is 4.74 Å². The van der Waals surface area contributed by atoms with E-state index < -0.39 is 0 Å². The highest BCUT2D eigenvalue weighted by atomic mass is 16.6. The van der Waals surface area contributed by atoms with Gasteiger partial charge in [-0.2, -0.15) is 0 Å². The predicted molar refractivity (Wildman–Crippen MR) is 51.7 cm³/mol. The molecular formula is C10H14NO3+. The normalized spacial score (nSPS) is 12.5. The molecule has 76 valence electrons. The lowest BCUT2D eigenvalue weighted by Crippen LogP contribution is -2.03. The SMILES string of the molecule is COC(C)c1ccc(C)cc1[N+](=O)O. The van der Waals surface area contributed by atoms with Crippen LogP contribution in [0, 0.1) is 11.8 Å². The highest BCUT2D eigenvalue weighted by molar-refractivity contribution is 5.43. The highest BCUT2D eigenvalue weighted by Crippen LogP contribution is 2.27. The predicted octanol–water partition coefficient (Wildman–Crippen LogP) is 2.50. The molecule has 0 radical (unpaired) electrons. The molecule has 0 aliphatic heterocycles. The minimum Gasteiger partial charge on any atom is -0.377 e. The number of hydrogen-bond donors (Lipinski definition) is 1. The fraction of sp³-hybridized carbons (Fsp3) is 0.400. The van der Waals surface area contributed by atoms with Gasteiger partial charge >= 0.3 is 5.69 Å². The molecule has 0 bridgehead atoms. The fourth-order valence-corrected chi connectivity index (χ4v) is 1.29. The summed E-state index contributed by atoms with van der Waals surface area (Å²) in [6.07, 6.45) is -0.214.